The van der Waals surface area contributed by atoms with E-state index < -0.39 is 0 Å². The van der Waals surface area contributed by atoms with Crippen LogP contribution in [0.25, 0.3) is 0 Å². The summed E-state index contributed by atoms with van der Waals surface area (Å²) in [6.45, 7) is 6.72. The van der Waals surface area contributed by atoms with Crippen molar-refractivity contribution in [2.45, 2.75) is 27.3 Å². The number of aliphatic imine (C=N–C) groups is 1. The zero-order valence-corrected chi connectivity index (χ0v) is 18.0. The lowest BCUT2D eigenvalue weighted by molar-refractivity contribution is -0.114. The van der Waals surface area contributed by atoms with Gasteiger partial charge in [0.15, 0.2) is 5.96 Å². The molecule has 1 aromatic heterocycles. The first-order valence-electron chi connectivity index (χ1n) is 8.33. The molecule has 0 bridgehead atoms. The summed E-state index contributed by atoms with van der Waals surface area (Å²) in [6, 6.07) is 7.10. The van der Waals surface area contributed by atoms with Gasteiger partial charge in [-0.05, 0) is 39.0 Å². The molecule has 0 aliphatic rings. The highest BCUT2D eigenvalue weighted by atomic mass is 127. The average molecular weight is 481 g/mol. The third-order valence-corrected chi connectivity index (χ3v) is 3.52. The largest absolute Gasteiger partial charge is 0.444 e. The van der Waals surface area contributed by atoms with E-state index >= 15 is 0 Å². The normalized spacial score (nSPS) is 10.5. The SMILES string of the molecule is C#Cc1cccc(NC(=O)CN=C(NCC)NCc2nc(C)c(C)o2)c1.I. The minimum atomic E-state index is -0.237. The number of benzene rings is 1. The van der Waals surface area contributed by atoms with Crippen LogP contribution in [0.2, 0.25) is 0 Å². The first-order chi connectivity index (χ1) is 12.5. The van der Waals surface area contributed by atoms with E-state index in [1.54, 1.807) is 24.3 Å². The zero-order chi connectivity index (χ0) is 18.9. The van der Waals surface area contributed by atoms with E-state index in [2.05, 4.69) is 31.8 Å². The van der Waals surface area contributed by atoms with Crippen molar-refractivity contribution in [3.8, 4) is 12.3 Å². The number of guanidine groups is 1. The molecule has 0 saturated carbocycles. The molecular formula is C19H24IN5O2. The molecule has 1 amide bonds. The Balaban J connectivity index is 0.00000364. The van der Waals surface area contributed by atoms with Crippen LogP contribution in [0.5, 0.6) is 0 Å². The van der Waals surface area contributed by atoms with Crippen molar-refractivity contribution in [1.29, 1.82) is 0 Å². The number of terminal acetylenes is 1. The van der Waals surface area contributed by atoms with Gasteiger partial charge in [0.05, 0.1) is 12.2 Å². The molecule has 27 heavy (non-hydrogen) atoms. The number of anilines is 1. The Morgan fingerprint density at radius 2 is 2.11 bits per heavy atom. The van der Waals surface area contributed by atoms with E-state index in [1.165, 1.54) is 0 Å². The van der Waals surface area contributed by atoms with Gasteiger partial charge in [-0.3, -0.25) is 4.79 Å². The van der Waals surface area contributed by atoms with Crippen LogP contribution in [-0.2, 0) is 11.3 Å². The highest BCUT2D eigenvalue weighted by Gasteiger charge is 2.07. The Kier molecular flexibility index (Phi) is 9.36. The Morgan fingerprint density at radius 1 is 1.33 bits per heavy atom. The van der Waals surface area contributed by atoms with Gasteiger partial charge in [0.2, 0.25) is 11.8 Å². The molecule has 0 aliphatic heterocycles. The van der Waals surface area contributed by atoms with Crippen LogP contribution >= 0.6 is 24.0 Å². The fourth-order valence-electron chi connectivity index (χ4n) is 2.15. The lowest BCUT2D eigenvalue weighted by Gasteiger charge is -2.10. The molecule has 1 aromatic carbocycles. The maximum Gasteiger partial charge on any atom is 0.246 e. The number of nitrogens with zero attached hydrogens (tertiary/aromatic N) is 2. The first kappa shape index (κ1) is 22.5. The molecule has 2 rings (SSSR count). The van der Waals surface area contributed by atoms with Crippen molar-refractivity contribution in [1.82, 2.24) is 15.6 Å². The summed E-state index contributed by atoms with van der Waals surface area (Å²) < 4.78 is 5.52. The molecule has 0 radical (unpaired) electrons. The van der Waals surface area contributed by atoms with Gasteiger partial charge < -0.3 is 20.4 Å². The maximum atomic E-state index is 12.1. The predicted octanol–water partition coefficient (Wildman–Crippen LogP) is 2.58. The van der Waals surface area contributed by atoms with Crippen LogP contribution in [0.4, 0.5) is 5.69 Å². The molecule has 0 aliphatic carbocycles. The van der Waals surface area contributed by atoms with Crippen LogP contribution in [0.3, 0.4) is 0 Å². The van der Waals surface area contributed by atoms with Gasteiger partial charge in [0.25, 0.3) is 0 Å². The highest BCUT2D eigenvalue weighted by molar-refractivity contribution is 14.0. The van der Waals surface area contributed by atoms with E-state index in [4.69, 9.17) is 10.8 Å². The van der Waals surface area contributed by atoms with E-state index in [9.17, 15) is 4.79 Å². The molecule has 7 nitrogen and oxygen atoms in total. The van der Waals surface area contributed by atoms with Gasteiger partial charge >= 0.3 is 0 Å². The maximum absolute atomic E-state index is 12.1. The summed E-state index contributed by atoms with van der Waals surface area (Å²) >= 11 is 0. The topological polar surface area (TPSA) is 91.5 Å². The third-order valence-electron chi connectivity index (χ3n) is 3.52. The number of halogens is 1. The molecular weight excluding hydrogens is 457 g/mol. The summed E-state index contributed by atoms with van der Waals surface area (Å²) in [5, 5.41) is 8.94. The molecule has 8 heteroatoms. The molecule has 0 unspecified atom stereocenters. The Morgan fingerprint density at radius 3 is 2.74 bits per heavy atom. The summed E-state index contributed by atoms with van der Waals surface area (Å²) in [5.74, 6) is 4.16. The number of oxazole rings is 1. The fraction of sp³-hybridized carbons (Fsp3) is 0.316. The van der Waals surface area contributed by atoms with E-state index in [0.29, 0.717) is 36.2 Å². The third kappa shape index (κ3) is 7.30. The van der Waals surface area contributed by atoms with Gasteiger partial charge in [-0.25, -0.2) is 9.98 Å². The molecule has 0 spiro atoms. The molecule has 1 heterocycles. The van der Waals surface area contributed by atoms with E-state index in [1.807, 2.05) is 20.8 Å². The van der Waals surface area contributed by atoms with Crippen molar-refractivity contribution in [2.75, 3.05) is 18.4 Å². The number of aromatic nitrogens is 1. The van der Waals surface area contributed by atoms with Crippen LogP contribution in [0.1, 0.15) is 29.8 Å². The minimum absolute atomic E-state index is 0. The molecule has 0 saturated heterocycles. The predicted molar refractivity (Wildman–Crippen MR) is 117 cm³/mol. The molecule has 144 valence electrons. The second-order valence-corrected chi connectivity index (χ2v) is 5.57. The number of hydrogen-bond donors (Lipinski definition) is 3. The van der Waals surface area contributed by atoms with E-state index in [-0.39, 0.29) is 36.4 Å². The number of aryl methyl sites for hydroxylation is 2. The molecule has 3 N–H and O–H groups in total. The number of rotatable bonds is 6. The van der Waals surface area contributed by atoms with Gasteiger partial charge in [0.1, 0.15) is 12.3 Å². The quantitative estimate of drug-likeness (QED) is 0.256. The lowest BCUT2D eigenvalue weighted by atomic mass is 10.2. The van der Waals surface area contributed by atoms with Gasteiger partial charge in [-0.2, -0.15) is 0 Å². The van der Waals surface area contributed by atoms with Crippen LogP contribution in [0.15, 0.2) is 33.7 Å². The van der Waals surface area contributed by atoms with E-state index in [0.717, 1.165) is 11.5 Å². The monoisotopic (exact) mass is 481 g/mol. The van der Waals surface area contributed by atoms with Crippen molar-refractivity contribution >= 4 is 41.5 Å². The van der Waals surface area contributed by atoms with Gasteiger partial charge in [-0.15, -0.1) is 30.4 Å². The number of carbonyl (C=O) groups excluding carboxylic acids is 1. The summed E-state index contributed by atoms with van der Waals surface area (Å²) in [6.07, 6.45) is 5.36. The Labute approximate surface area is 176 Å². The average Bonchev–Trinajstić information content (AvgIpc) is 2.95. The fourth-order valence-corrected chi connectivity index (χ4v) is 2.15. The van der Waals surface area contributed by atoms with Crippen molar-refractivity contribution in [3.05, 3.63) is 47.2 Å². The van der Waals surface area contributed by atoms with Crippen molar-refractivity contribution in [2.24, 2.45) is 4.99 Å². The zero-order valence-electron chi connectivity index (χ0n) is 15.6. The summed E-state index contributed by atoms with van der Waals surface area (Å²) in [4.78, 5) is 20.7. The van der Waals surface area contributed by atoms with Crippen molar-refractivity contribution < 1.29 is 9.21 Å². The van der Waals surface area contributed by atoms with Gasteiger partial charge in [0, 0.05) is 17.8 Å². The Bertz CT molecular complexity index is 819. The highest BCUT2D eigenvalue weighted by Crippen LogP contribution is 2.09. The van der Waals surface area contributed by atoms with Crippen LogP contribution in [0, 0.1) is 26.2 Å². The van der Waals surface area contributed by atoms with Gasteiger partial charge in [-0.1, -0.05) is 12.0 Å². The van der Waals surface area contributed by atoms with Crippen LogP contribution < -0.4 is 16.0 Å². The minimum Gasteiger partial charge on any atom is -0.444 e. The Hall–Kier alpha value is -2.54. The van der Waals surface area contributed by atoms with Crippen molar-refractivity contribution in [3.63, 3.8) is 0 Å². The van der Waals surface area contributed by atoms with Crippen LogP contribution in [-0.4, -0.2) is 29.9 Å². The second-order valence-electron chi connectivity index (χ2n) is 5.57. The number of amides is 1. The standard InChI is InChI=1S/C19H23N5O2.HI/c1-5-15-8-7-9-16(10-15)24-17(25)11-21-19(20-6-2)22-12-18-23-13(3)14(4)26-18;/h1,7-10H,6,11-12H2,2-4H3,(H,24,25)(H2,20,21,22);1H. The lowest BCUT2D eigenvalue weighted by Crippen LogP contribution is -2.37. The second kappa shape index (κ2) is 11.2. The smallest absolute Gasteiger partial charge is 0.246 e. The number of hydrogen-bond acceptors (Lipinski definition) is 4. The summed E-state index contributed by atoms with van der Waals surface area (Å²) in [7, 11) is 0. The number of nitrogens with one attached hydrogen (secondary N) is 3. The number of carbonyl (C=O) groups is 1. The molecule has 2 aromatic rings. The molecule has 0 fully saturated rings. The molecule has 0 atom stereocenters. The first-order valence-corrected chi connectivity index (χ1v) is 8.33. The summed E-state index contributed by atoms with van der Waals surface area (Å²) in [5.41, 5.74) is 2.21.